The Bertz CT molecular complexity index is 1720. The molecular weight excluding hydrogens is 478 g/mol. The number of nitrogens with one attached hydrogen (secondary N) is 1. The van der Waals surface area contributed by atoms with Crippen molar-refractivity contribution in [2.45, 2.75) is 13.8 Å². The molecule has 6 aromatic rings. The SMILES string of the molecule is Cc1ccc(-c2cnnn2-c2ccc(C(=O)Nc3ccc(-c4nc5ccc(C)cc5s4)cc3)cc2)cc1. The third kappa shape index (κ3) is 4.64. The Hall–Kier alpha value is -4.62. The number of amides is 1. The molecule has 0 saturated heterocycles. The van der Waals surface area contributed by atoms with Gasteiger partial charge < -0.3 is 5.32 Å². The lowest BCUT2D eigenvalue weighted by molar-refractivity contribution is 0.102. The summed E-state index contributed by atoms with van der Waals surface area (Å²) in [7, 11) is 0. The quantitative estimate of drug-likeness (QED) is 0.274. The van der Waals surface area contributed by atoms with Crippen LogP contribution >= 0.6 is 11.3 Å². The summed E-state index contributed by atoms with van der Waals surface area (Å²) in [6, 6.07) is 29.6. The van der Waals surface area contributed by atoms with E-state index in [2.05, 4.69) is 71.9 Å². The van der Waals surface area contributed by atoms with Gasteiger partial charge in [0.1, 0.15) is 5.01 Å². The zero-order chi connectivity index (χ0) is 25.4. The van der Waals surface area contributed by atoms with Crippen molar-refractivity contribution >= 4 is 33.1 Å². The monoisotopic (exact) mass is 501 g/mol. The summed E-state index contributed by atoms with van der Waals surface area (Å²) in [5, 5.41) is 12.3. The van der Waals surface area contributed by atoms with Gasteiger partial charge in [-0.3, -0.25) is 4.79 Å². The fourth-order valence-electron chi connectivity index (χ4n) is 4.16. The fraction of sp³-hybridized carbons (Fsp3) is 0.0667. The minimum Gasteiger partial charge on any atom is -0.322 e. The third-order valence-electron chi connectivity index (χ3n) is 6.20. The number of carbonyl (C=O) groups excluding carboxylic acids is 1. The van der Waals surface area contributed by atoms with E-state index in [-0.39, 0.29) is 5.91 Å². The molecule has 4 aromatic carbocycles. The van der Waals surface area contributed by atoms with E-state index in [0.29, 0.717) is 5.56 Å². The van der Waals surface area contributed by atoms with Crippen LogP contribution in [0, 0.1) is 13.8 Å². The van der Waals surface area contributed by atoms with E-state index in [1.807, 2.05) is 36.4 Å². The van der Waals surface area contributed by atoms with Crippen molar-refractivity contribution in [1.29, 1.82) is 0 Å². The highest BCUT2D eigenvalue weighted by atomic mass is 32.1. The molecule has 0 atom stereocenters. The molecule has 0 aliphatic heterocycles. The summed E-state index contributed by atoms with van der Waals surface area (Å²) >= 11 is 1.67. The lowest BCUT2D eigenvalue weighted by atomic mass is 10.1. The van der Waals surface area contributed by atoms with Gasteiger partial charge in [0.15, 0.2) is 0 Å². The van der Waals surface area contributed by atoms with Crippen molar-refractivity contribution in [3.8, 4) is 27.5 Å². The lowest BCUT2D eigenvalue weighted by Gasteiger charge is -2.09. The molecule has 180 valence electrons. The molecule has 0 fully saturated rings. The van der Waals surface area contributed by atoms with Crippen LogP contribution in [0.3, 0.4) is 0 Å². The number of nitrogens with zero attached hydrogens (tertiary/aromatic N) is 4. The molecular formula is C30H23N5OS. The number of thiazole rings is 1. The maximum absolute atomic E-state index is 12.9. The molecule has 6 rings (SSSR count). The van der Waals surface area contributed by atoms with Gasteiger partial charge in [0.25, 0.3) is 5.91 Å². The fourth-order valence-corrected chi connectivity index (χ4v) is 5.22. The Labute approximate surface area is 218 Å². The van der Waals surface area contributed by atoms with Crippen LogP contribution in [0.2, 0.25) is 0 Å². The molecule has 0 unspecified atom stereocenters. The second kappa shape index (κ2) is 9.44. The zero-order valence-electron chi connectivity index (χ0n) is 20.3. The van der Waals surface area contributed by atoms with Crippen LogP contribution in [-0.4, -0.2) is 25.9 Å². The molecule has 2 aromatic heterocycles. The van der Waals surface area contributed by atoms with Gasteiger partial charge in [0.05, 0.1) is 27.8 Å². The Kier molecular flexibility index (Phi) is 5.82. The topological polar surface area (TPSA) is 72.7 Å². The molecule has 7 heteroatoms. The maximum Gasteiger partial charge on any atom is 0.255 e. The number of rotatable bonds is 5. The van der Waals surface area contributed by atoms with E-state index in [1.165, 1.54) is 15.8 Å². The highest BCUT2D eigenvalue weighted by Crippen LogP contribution is 2.31. The van der Waals surface area contributed by atoms with Crippen LogP contribution in [0.15, 0.2) is 97.2 Å². The minimum atomic E-state index is -0.174. The summed E-state index contributed by atoms with van der Waals surface area (Å²) in [6.45, 7) is 4.14. The second-order valence-electron chi connectivity index (χ2n) is 8.97. The number of carbonyl (C=O) groups is 1. The first kappa shape index (κ1) is 22.8. The number of aromatic nitrogens is 4. The lowest BCUT2D eigenvalue weighted by Crippen LogP contribution is -2.12. The van der Waals surface area contributed by atoms with Gasteiger partial charge in [-0.25, -0.2) is 9.67 Å². The van der Waals surface area contributed by atoms with Crippen LogP contribution in [0.25, 0.3) is 37.7 Å². The zero-order valence-corrected chi connectivity index (χ0v) is 21.2. The first-order chi connectivity index (χ1) is 18.0. The standard InChI is InChI=1S/C30H23N5OS/c1-19-3-6-21(7-4-19)27-18-31-34-35(27)25-14-10-22(11-15-25)29(36)32-24-12-8-23(9-13-24)30-33-26-16-5-20(2)17-28(26)37-30/h3-18H,1-2H3,(H,32,36). The minimum absolute atomic E-state index is 0.174. The molecule has 37 heavy (non-hydrogen) atoms. The molecule has 0 aliphatic rings. The average Bonchev–Trinajstić information content (AvgIpc) is 3.57. The Morgan fingerprint density at radius 1 is 0.811 bits per heavy atom. The van der Waals surface area contributed by atoms with E-state index in [1.54, 1.807) is 34.3 Å². The van der Waals surface area contributed by atoms with Crippen LogP contribution in [0.4, 0.5) is 5.69 Å². The molecule has 1 N–H and O–H groups in total. The second-order valence-corrected chi connectivity index (χ2v) is 10.00. The Morgan fingerprint density at radius 2 is 1.51 bits per heavy atom. The Morgan fingerprint density at radius 3 is 2.27 bits per heavy atom. The van der Waals surface area contributed by atoms with Crippen molar-refractivity contribution in [3.05, 3.63) is 114 Å². The maximum atomic E-state index is 12.9. The predicted molar refractivity (Wildman–Crippen MR) is 149 cm³/mol. The van der Waals surface area contributed by atoms with Gasteiger partial charge in [0, 0.05) is 22.4 Å². The van der Waals surface area contributed by atoms with E-state index >= 15 is 0 Å². The number of hydrogen-bond acceptors (Lipinski definition) is 5. The number of fused-ring (bicyclic) bond motifs is 1. The molecule has 0 radical (unpaired) electrons. The number of benzene rings is 4. The van der Waals surface area contributed by atoms with Crippen molar-refractivity contribution in [3.63, 3.8) is 0 Å². The van der Waals surface area contributed by atoms with E-state index in [9.17, 15) is 4.79 Å². The van der Waals surface area contributed by atoms with Gasteiger partial charge in [-0.2, -0.15) is 0 Å². The van der Waals surface area contributed by atoms with Gasteiger partial charge in [-0.15, -0.1) is 16.4 Å². The van der Waals surface area contributed by atoms with Gasteiger partial charge in [0.2, 0.25) is 0 Å². The van der Waals surface area contributed by atoms with Gasteiger partial charge >= 0.3 is 0 Å². The van der Waals surface area contributed by atoms with Crippen LogP contribution < -0.4 is 5.32 Å². The summed E-state index contributed by atoms with van der Waals surface area (Å²) in [4.78, 5) is 17.6. The van der Waals surface area contributed by atoms with E-state index in [0.717, 1.165) is 38.7 Å². The average molecular weight is 502 g/mol. The van der Waals surface area contributed by atoms with Crippen molar-refractivity contribution < 1.29 is 4.79 Å². The first-order valence-corrected chi connectivity index (χ1v) is 12.7. The molecule has 0 spiro atoms. The van der Waals surface area contributed by atoms with Crippen molar-refractivity contribution in [2.24, 2.45) is 0 Å². The summed E-state index contributed by atoms with van der Waals surface area (Å²) in [6.07, 6.45) is 1.74. The molecule has 1 amide bonds. The summed E-state index contributed by atoms with van der Waals surface area (Å²) < 4.78 is 2.95. The van der Waals surface area contributed by atoms with E-state index in [4.69, 9.17) is 4.98 Å². The van der Waals surface area contributed by atoms with Crippen LogP contribution in [-0.2, 0) is 0 Å². The Balaban J connectivity index is 1.16. The number of aryl methyl sites for hydroxylation is 2. The van der Waals surface area contributed by atoms with Crippen molar-refractivity contribution in [2.75, 3.05) is 5.32 Å². The number of hydrogen-bond donors (Lipinski definition) is 1. The summed E-state index contributed by atoms with van der Waals surface area (Å²) in [5.74, 6) is -0.174. The van der Waals surface area contributed by atoms with Gasteiger partial charge in [-0.1, -0.05) is 41.1 Å². The highest BCUT2D eigenvalue weighted by molar-refractivity contribution is 7.21. The largest absolute Gasteiger partial charge is 0.322 e. The molecule has 0 saturated carbocycles. The first-order valence-electron chi connectivity index (χ1n) is 11.9. The van der Waals surface area contributed by atoms with Crippen LogP contribution in [0.5, 0.6) is 0 Å². The highest BCUT2D eigenvalue weighted by Gasteiger charge is 2.12. The third-order valence-corrected chi connectivity index (χ3v) is 7.27. The number of anilines is 1. The molecule has 6 nitrogen and oxygen atoms in total. The molecule has 2 heterocycles. The van der Waals surface area contributed by atoms with Crippen molar-refractivity contribution in [1.82, 2.24) is 20.0 Å². The predicted octanol–water partition coefficient (Wildman–Crippen LogP) is 7.08. The van der Waals surface area contributed by atoms with Gasteiger partial charge in [-0.05, 0) is 80.1 Å². The smallest absolute Gasteiger partial charge is 0.255 e. The molecule has 0 aliphatic carbocycles. The van der Waals surface area contributed by atoms with E-state index < -0.39 is 0 Å². The van der Waals surface area contributed by atoms with Crippen LogP contribution in [0.1, 0.15) is 21.5 Å². The normalized spacial score (nSPS) is 11.1. The summed E-state index contributed by atoms with van der Waals surface area (Å²) in [5.41, 5.74) is 8.49. The molecule has 0 bridgehead atoms.